The van der Waals surface area contributed by atoms with E-state index in [0.29, 0.717) is 0 Å². The molecule has 312 valence electrons. The van der Waals surface area contributed by atoms with Gasteiger partial charge >= 0.3 is 0 Å². The van der Waals surface area contributed by atoms with E-state index in [0.717, 1.165) is 11.4 Å². The van der Waals surface area contributed by atoms with Gasteiger partial charge in [-0.15, -0.1) is 0 Å². The third kappa shape index (κ3) is 6.75. The van der Waals surface area contributed by atoms with Gasteiger partial charge in [0.25, 0.3) is 6.71 Å². The predicted octanol–water partition coefficient (Wildman–Crippen LogP) is 15.3. The fraction of sp³-hybridized carbons (Fsp3) is 0. The number of nitrogens with zero attached hydrogens (tertiary/aromatic N) is 2. The van der Waals surface area contributed by atoms with E-state index >= 15 is 0 Å². The normalized spacial score (nSPS) is 12.4. The number of hydrogen-bond acceptors (Lipinski definition) is 2. The van der Waals surface area contributed by atoms with Gasteiger partial charge in [0.05, 0.1) is 0 Å². The van der Waals surface area contributed by atoms with Crippen molar-refractivity contribution >= 4 is 68.0 Å². The maximum atomic E-state index is 2.53. The molecule has 2 heterocycles. The van der Waals surface area contributed by atoms with Crippen molar-refractivity contribution in [2.75, 3.05) is 9.80 Å². The molecule has 67 heavy (non-hydrogen) atoms. The number of benzene rings is 11. The van der Waals surface area contributed by atoms with Gasteiger partial charge in [-0.2, -0.15) is 0 Å². The highest BCUT2D eigenvalue weighted by atomic mass is 15.2. The van der Waals surface area contributed by atoms with Gasteiger partial charge in [-0.1, -0.05) is 206 Å². The van der Waals surface area contributed by atoms with Crippen molar-refractivity contribution in [1.29, 1.82) is 0 Å². The lowest BCUT2D eigenvalue weighted by Gasteiger charge is -2.44. The molecule has 2 aliphatic rings. The number of anilines is 6. The Hall–Kier alpha value is -8.66. The summed E-state index contributed by atoms with van der Waals surface area (Å²) >= 11 is 0. The fourth-order valence-corrected chi connectivity index (χ4v) is 10.6. The molecule has 0 aliphatic carbocycles. The quantitative estimate of drug-likeness (QED) is 0.147. The van der Waals surface area contributed by atoms with E-state index in [1.165, 1.54) is 106 Å². The third-order valence-electron chi connectivity index (χ3n) is 13.8. The van der Waals surface area contributed by atoms with Gasteiger partial charge in [0, 0.05) is 34.1 Å². The molecule has 13 rings (SSSR count). The summed E-state index contributed by atoms with van der Waals surface area (Å²) in [5.41, 5.74) is 22.8. The van der Waals surface area contributed by atoms with Crippen molar-refractivity contribution in [3.8, 4) is 55.6 Å². The van der Waals surface area contributed by atoms with Gasteiger partial charge in [-0.25, -0.2) is 0 Å². The maximum absolute atomic E-state index is 2.53. The van der Waals surface area contributed by atoms with Crippen LogP contribution in [0.5, 0.6) is 0 Å². The molecule has 0 N–H and O–H groups in total. The SMILES string of the molecule is c1ccc(-c2ccc(N3c4ccc(-c5ccccc5)cc4B4c5cc(-c6ccccc6)ccc5N(c5ccc(-c6ccccc6)cc5)c5cc(-c6ccc7ccccc7c6)cc3c54)cc2)cc1. The monoisotopic (exact) mass is 850 g/mol. The zero-order valence-electron chi connectivity index (χ0n) is 36.8. The van der Waals surface area contributed by atoms with Gasteiger partial charge in [0.1, 0.15) is 0 Å². The largest absolute Gasteiger partial charge is 0.311 e. The molecule has 0 amide bonds. The predicted molar refractivity (Wildman–Crippen MR) is 285 cm³/mol. The second-order valence-corrected chi connectivity index (χ2v) is 17.7. The zero-order valence-corrected chi connectivity index (χ0v) is 36.8. The minimum absolute atomic E-state index is 0.0624. The number of fused-ring (bicyclic) bond motifs is 5. The molecule has 0 bridgehead atoms. The Morgan fingerprint density at radius 1 is 0.224 bits per heavy atom. The molecule has 11 aromatic carbocycles. The van der Waals surface area contributed by atoms with Gasteiger partial charge in [-0.05, 0) is 137 Å². The standard InChI is InChI=1S/C64H43BN2/c1-5-15-44(16-6-1)49-27-33-56(34-28-49)66-60-37-31-53(46-19-9-3-10-20-46)40-58(60)65-59-41-54(47-21-11-4-12-22-47)32-38-61(59)67(57-35-29-50(30-36-57)45-17-7-2-8-18-45)63-43-55(42-62(66)64(63)65)52-26-25-48-23-13-14-24-51(48)39-52/h1-43H. The Bertz CT molecular complexity index is 3410. The van der Waals surface area contributed by atoms with E-state index in [1.807, 2.05) is 0 Å². The third-order valence-corrected chi connectivity index (χ3v) is 13.8. The van der Waals surface area contributed by atoms with Gasteiger partial charge < -0.3 is 9.80 Å². The van der Waals surface area contributed by atoms with Crippen LogP contribution in [-0.4, -0.2) is 6.71 Å². The van der Waals surface area contributed by atoms with Crippen molar-refractivity contribution in [3.63, 3.8) is 0 Å². The summed E-state index contributed by atoms with van der Waals surface area (Å²) in [6.07, 6.45) is 0. The van der Waals surface area contributed by atoms with E-state index in [-0.39, 0.29) is 6.71 Å². The van der Waals surface area contributed by atoms with Gasteiger partial charge in [0.2, 0.25) is 0 Å². The highest BCUT2D eigenvalue weighted by Gasteiger charge is 2.44. The molecule has 0 unspecified atom stereocenters. The van der Waals surface area contributed by atoms with Crippen LogP contribution in [-0.2, 0) is 0 Å². The number of hydrogen-bond donors (Lipinski definition) is 0. The smallest absolute Gasteiger partial charge is 0.252 e. The molecule has 0 spiro atoms. The van der Waals surface area contributed by atoms with Crippen LogP contribution >= 0.6 is 0 Å². The first kappa shape index (κ1) is 38.8. The Labute approximate surface area is 392 Å². The van der Waals surface area contributed by atoms with Crippen LogP contribution in [0.15, 0.2) is 261 Å². The molecule has 11 aromatic rings. The summed E-state index contributed by atoms with van der Waals surface area (Å²) in [7, 11) is 0. The Kier molecular flexibility index (Phi) is 9.32. The van der Waals surface area contributed by atoms with Crippen LogP contribution in [0.2, 0.25) is 0 Å². The molecular weight excluding hydrogens is 808 g/mol. The first-order chi connectivity index (χ1) is 33.2. The molecule has 0 aromatic heterocycles. The van der Waals surface area contributed by atoms with Crippen LogP contribution in [0.3, 0.4) is 0 Å². The van der Waals surface area contributed by atoms with Gasteiger partial charge in [-0.3, -0.25) is 0 Å². The van der Waals surface area contributed by atoms with Crippen LogP contribution in [0.1, 0.15) is 0 Å². The van der Waals surface area contributed by atoms with E-state index in [2.05, 4.69) is 271 Å². The van der Waals surface area contributed by atoms with Crippen molar-refractivity contribution in [2.45, 2.75) is 0 Å². The topological polar surface area (TPSA) is 6.48 Å². The zero-order chi connectivity index (χ0) is 44.3. The summed E-state index contributed by atoms with van der Waals surface area (Å²) in [5, 5.41) is 2.46. The fourth-order valence-electron chi connectivity index (χ4n) is 10.6. The molecular formula is C64H43BN2. The lowest BCUT2D eigenvalue weighted by molar-refractivity contribution is 1.25. The Morgan fingerprint density at radius 2 is 0.567 bits per heavy atom. The van der Waals surface area contributed by atoms with Crippen LogP contribution in [0, 0.1) is 0 Å². The average molecular weight is 851 g/mol. The maximum Gasteiger partial charge on any atom is 0.252 e. The van der Waals surface area contributed by atoms with Crippen molar-refractivity contribution in [3.05, 3.63) is 261 Å². The van der Waals surface area contributed by atoms with E-state index < -0.39 is 0 Å². The summed E-state index contributed by atoms with van der Waals surface area (Å²) in [5.74, 6) is 0. The van der Waals surface area contributed by atoms with Gasteiger partial charge in [0.15, 0.2) is 0 Å². The molecule has 2 aliphatic heterocycles. The molecule has 0 saturated heterocycles. The molecule has 2 nitrogen and oxygen atoms in total. The summed E-state index contributed by atoms with van der Waals surface area (Å²) < 4.78 is 0. The molecule has 0 saturated carbocycles. The average Bonchev–Trinajstić information content (AvgIpc) is 3.41. The second kappa shape index (κ2) is 16.1. The van der Waals surface area contributed by atoms with Crippen molar-refractivity contribution in [1.82, 2.24) is 0 Å². The van der Waals surface area contributed by atoms with E-state index in [4.69, 9.17) is 0 Å². The number of rotatable bonds is 7. The molecule has 0 atom stereocenters. The van der Waals surface area contributed by atoms with Crippen LogP contribution < -0.4 is 26.2 Å². The van der Waals surface area contributed by atoms with Crippen molar-refractivity contribution in [2.24, 2.45) is 0 Å². The van der Waals surface area contributed by atoms with E-state index in [1.54, 1.807) is 0 Å². The lowest BCUT2D eigenvalue weighted by Crippen LogP contribution is -2.61. The highest BCUT2D eigenvalue weighted by molar-refractivity contribution is 7.00. The molecule has 3 heteroatoms. The molecule has 0 radical (unpaired) electrons. The van der Waals surface area contributed by atoms with E-state index in [9.17, 15) is 0 Å². The minimum atomic E-state index is -0.0624. The first-order valence-electron chi connectivity index (χ1n) is 23.2. The van der Waals surface area contributed by atoms with Crippen molar-refractivity contribution < 1.29 is 0 Å². The van der Waals surface area contributed by atoms with Crippen LogP contribution in [0.4, 0.5) is 34.1 Å². The molecule has 0 fully saturated rings. The summed E-state index contributed by atoms with van der Waals surface area (Å²) in [6, 6.07) is 96.1. The first-order valence-corrected chi connectivity index (χ1v) is 23.2. The van der Waals surface area contributed by atoms with Crippen LogP contribution in [0.25, 0.3) is 66.4 Å². The Morgan fingerprint density at radius 3 is 1.01 bits per heavy atom. The highest BCUT2D eigenvalue weighted by Crippen LogP contribution is 2.47. The Balaban J connectivity index is 1.11. The lowest BCUT2D eigenvalue weighted by atomic mass is 9.33. The second-order valence-electron chi connectivity index (χ2n) is 17.7. The summed E-state index contributed by atoms with van der Waals surface area (Å²) in [6.45, 7) is -0.0624. The summed E-state index contributed by atoms with van der Waals surface area (Å²) in [4.78, 5) is 5.06. The minimum Gasteiger partial charge on any atom is -0.311 e.